The molecule has 2 N–H and O–H groups in total. The SMILES string of the molecule is COCC1(C(=O)Nc2ccccc2OC)CCNCC1. The number of carbonyl (C=O) groups is 1. The summed E-state index contributed by atoms with van der Waals surface area (Å²) >= 11 is 0. The van der Waals surface area contributed by atoms with Crippen LogP contribution in [-0.2, 0) is 9.53 Å². The fourth-order valence-electron chi connectivity index (χ4n) is 2.62. The van der Waals surface area contributed by atoms with Crippen LogP contribution in [-0.4, -0.2) is 39.8 Å². The van der Waals surface area contributed by atoms with E-state index in [0.717, 1.165) is 25.9 Å². The van der Waals surface area contributed by atoms with Gasteiger partial charge in [-0.15, -0.1) is 0 Å². The summed E-state index contributed by atoms with van der Waals surface area (Å²) in [5.74, 6) is 0.674. The van der Waals surface area contributed by atoms with Crippen LogP contribution in [0.15, 0.2) is 24.3 Å². The molecular weight excluding hydrogens is 256 g/mol. The van der Waals surface area contributed by atoms with Crippen LogP contribution >= 0.6 is 0 Å². The highest BCUT2D eigenvalue weighted by Gasteiger charge is 2.39. The van der Waals surface area contributed by atoms with Gasteiger partial charge in [0.25, 0.3) is 0 Å². The number of amides is 1. The molecule has 0 atom stereocenters. The maximum atomic E-state index is 12.7. The molecule has 1 aromatic rings. The smallest absolute Gasteiger partial charge is 0.233 e. The summed E-state index contributed by atoms with van der Waals surface area (Å²) in [6, 6.07) is 7.44. The number of para-hydroxylation sites is 2. The van der Waals surface area contributed by atoms with Crippen molar-refractivity contribution in [1.29, 1.82) is 0 Å². The molecule has 1 aromatic carbocycles. The van der Waals surface area contributed by atoms with E-state index < -0.39 is 5.41 Å². The lowest BCUT2D eigenvalue weighted by Crippen LogP contribution is -2.47. The topological polar surface area (TPSA) is 59.6 Å². The average Bonchev–Trinajstić information content (AvgIpc) is 2.49. The number of nitrogens with one attached hydrogen (secondary N) is 2. The van der Waals surface area contributed by atoms with Crippen molar-refractivity contribution in [2.45, 2.75) is 12.8 Å². The third kappa shape index (κ3) is 3.11. The Morgan fingerprint density at radius 2 is 2.00 bits per heavy atom. The van der Waals surface area contributed by atoms with Crippen molar-refractivity contribution >= 4 is 11.6 Å². The van der Waals surface area contributed by atoms with Crippen LogP contribution < -0.4 is 15.4 Å². The molecule has 1 fully saturated rings. The summed E-state index contributed by atoms with van der Waals surface area (Å²) in [7, 11) is 3.24. The average molecular weight is 278 g/mol. The second kappa shape index (κ2) is 6.72. The molecule has 1 heterocycles. The van der Waals surface area contributed by atoms with E-state index >= 15 is 0 Å². The Hall–Kier alpha value is -1.59. The lowest BCUT2D eigenvalue weighted by molar-refractivity contribution is -0.130. The Morgan fingerprint density at radius 1 is 1.30 bits per heavy atom. The number of hydrogen-bond donors (Lipinski definition) is 2. The van der Waals surface area contributed by atoms with Gasteiger partial charge < -0.3 is 20.1 Å². The first kappa shape index (κ1) is 14.8. The Kier molecular flexibility index (Phi) is 4.98. The molecule has 0 spiro atoms. The van der Waals surface area contributed by atoms with E-state index in [-0.39, 0.29) is 5.91 Å². The summed E-state index contributed by atoms with van der Waals surface area (Å²) in [6.07, 6.45) is 1.56. The van der Waals surface area contributed by atoms with E-state index in [1.165, 1.54) is 0 Å². The van der Waals surface area contributed by atoms with Crippen LogP contribution in [0, 0.1) is 5.41 Å². The number of ether oxygens (including phenoxy) is 2. The zero-order valence-electron chi connectivity index (χ0n) is 12.1. The van der Waals surface area contributed by atoms with Gasteiger partial charge in [-0.05, 0) is 38.1 Å². The van der Waals surface area contributed by atoms with Crippen molar-refractivity contribution in [3.8, 4) is 5.75 Å². The molecular formula is C15H22N2O3. The molecule has 1 amide bonds. The van der Waals surface area contributed by atoms with Gasteiger partial charge in [0.05, 0.1) is 24.8 Å². The molecule has 5 heteroatoms. The summed E-state index contributed by atoms with van der Waals surface area (Å²) < 4.78 is 10.5. The zero-order chi connectivity index (χ0) is 14.4. The van der Waals surface area contributed by atoms with Crippen LogP contribution in [0.3, 0.4) is 0 Å². The molecule has 20 heavy (non-hydrogen) atoms. The molecule has 0 radical (unpaired) electrons. The predicted molar refractivity (Wildman–Crippen MR) is 78.0 cm³/mol. The molecule has 110 valence electrons. The molecule has 1 aliphatic heterocycles. The first-order valence-corrected chi connectivity index (χ1v) is 6.86. The van der Waals surface area contributed by atoms with Gasteiger partial charge in [0.15, 0.2) is 0 Å². The number of benzene rings is 1. The standard InChI is InChI=1S/C15H22N2O3/c1-19-11-15(7-9-16-10-8-15)14(18)17-12-5-3-4-6-13(12)20-2/h3-6,16H,7-11H2,1-2H3,(H,17,18). The fourth-order valence-corrected chi connectivity index (χ4v) is 2.62. The van der Waals surface area contributed by atoms with Gasteiger partial charge in [0, 0.05) is 7.11 Å². The molecule has 1 saturated heterocycles. The van der Waals surface area contributed by atoms with Gasteiger partial charge >= 0.3 is 0 Å². The number of anilines is 1. The van der Waals surface area contributed by atoms with Gasteiger partial charge in [-0.1, -0.05) is 12.1 Å². The number of piperidine rings is 1. The molecule has 1 aliphatic rings. The van der Waals surface area contributed by atoms with E-state index in [4.69, 9.17) is 9.47 Å². The van der Waals surface area contributed by atoms with Crippen molar-refractivity contribution < 1.29 is 14.3 Å². The second-order valence-electron chi connectivity index (χ2n) is 5.12. The highest BCUT2D eigenvalue weighted by atomic mass is 16.5. The zero-order valence-corrected chi connectivity index (χ0v) is 12.1. The van der Waals surface area contributed by atoms with Crippen molar-refractivity contribution in [1.82, 2.24) is 5.32 Å². The molecule has 0 unspecified atom stereocenters. The predicted octanol–water partition coefficient (Wildman–Crippen LogP) is 1.65. The lowest BCUT2D eigenvalue weighted by atomic mass is 9.78. The third-order valence-electron chi connectivity index (χ3n) is 3.82. The maximum Gasteiger partial charge on any atom is 0.233 e. The second-order valence-corrected chi connectivity index (χ2v) is 5.12. The van der Waals surface area contributed by atoms with E-state index in [2.05, 4.69) is 10.6 Å². The molecule has 0 bridgehead atoms. The largest absolute Gasteiger partial charge is 0.495 e. The number of hydrogen-bond acceptors (Lipinski definition) is 4. The highest BCUT2D eigenvalue weighted by Crippen LogP contribution is 2.32. The van der Waals surface area contributed by atoms with Crippen molar-refractivity contribution in [3.63, 3.8) is 0 Å². The van der Waals surface area contributed by atoms with Crippen LogP contribution in [0.25, 0.3) is 0 Å². The monoisotopic (exact) mass is 278 g/mol. The van der Waals surface area contributed by atoms with Gasteiger partial charge in [0.1, 0.15) is 5.75 Å². The Bertz CT molecular complexity index is 451. The summed E-state index contributed by atoms with van der Waals surface area (Å²) in [5.41, 5.74) is 0.245. The van der Waals surface area contributed by atoms with Gasteiger partial charge in [-0.25, -0.2) is 0 Å². The molecule has 0 aromatic heterocycles. The highest BCUT2D eigenvalue weighted by molar-refractivity contribution is 5.96. The van der Waals surface area contributed by atoms with E-state index in [1.54, 1.807) is 14.2 Å². The minimum atomic E-state index is -0.457. The van der Waals surface area contributed by atoms with Crippen LogP contribution in [0.1, 0.15) is 12.8 Å². The molecule has 2 rings (SSSR count). The normalized spacial score (nSPS) is 17.5. The third-order valence-corrected chi connectivity index (χ3v) is 3.82. The first-order valence-electron chi connectivity index (χ1n) is 6.86. The van der Waals surface area contributed by atoms with E-state index in [1.807, 2.05) is 24.3 Å². The summed E-state index contributed by atoms with van der Waals surface area (Å²) in [6.45, 7) is 2.11. The van der Waals surface area contributed by atoms with E-state index in [9.17, 15) is 4.79 Å². The van der Waals surface area contributed by atoms with Gasteiger partial charge in [0.2, 0.25) is 5.91 Å². The lowest BCUT2D eigenvalue weighted by Gasteiger charge is -2.35. The van der Waals surface area contributed by atoms with Crippen molar-refractivity contribution in [2.24, 2.45) is 5.41 Å². The van der Waals surface area contributed by atoms with Crippen molar-refractivity contribution in [2.75, 3.05) is 39.2 Å². The molecule has 0 saturated carbocycles. The number of rotatable bonds is 5. The van der Waals surface area contributed by atoms with Crippen LogP contribution in [0.4, 0.5) is 5.69 Å². The Balaban J connectivity index is 2.16. The Morgan fingerprint density at radius 3 is 2.65 bits per heavy atom. The minimum Gasteiger partial charge on any atom is -0.495 e. The van der Waals surface area contributed by atoms with Gasteiger partial charge in [-0.2, -0.15) is 0 Å². The molecule has 0 aliphatic carbocycles. The fraction of sp³-hybridized carbons (Fsp3) is 0.533. The number of methoxy groups -OCH3 is 2. The summed E-state index contributed by atoms with van der Waals surface area (Å²) in [5, 5.41) is 6.26. The maximum absolute atomic E-state index is 12.7. The summed E-state index contributed by atoms with van der Waals surface area (Å²) in [4.78, 5) is 12.7. The minimum absolute atomic E-state index is 0.00495. The quantitative estimate of drug-likeness (QED) is 0.860. The van der Waals surface area contributed by atoms with Crippen molar-refractivity contribution in [3.05, 3.63) is 24.3 Å². The Labute approximate surface area is 119 Å². The number of carbonyl (C=O) groups excluding carboxylic acids is 1. The van der Waals surface area contributed by atoms with E-state index in [0.29, 0.717) is 18.0 Å². The molecule has 5 nitrogen and oxygen atoms in total. The van der Waals surface area contributed by atoms with Crippen LogP contribution in [0.2, 0.25) is 0 Å². The van der Waals surface area contributed by atoms with Crippen LogP contribution in [0.5, 0.6) is 5.75 Å². The van der Waals surface area contributed by atoms with Gasteiger partial charge in [-0.3, -0.25) is 4.79 Å². The first-order chi connectivity index (χ1) is 9.72.